The van der Waals surface area contributed by atoms with E-state index in [2.05, 4.69) is 26.0 Å². The molecule has 0 aliphatic carbocycles. The Bertz CT molecular complexity index is 443. The maximum Gasteiger partial charge on any atom is 0.190 e. The Morgan fingerprint density at radius 1 is 1.17 bits per heavy atom. The summed E-state index contributed by atoms with van der Waals surface area (Å²) in [7, 11) is 3.47. The monoisotopic (exact) mass is 470 g/mol. The molecule has 6 nitrogen and oxygen atoms in total. The minimum atomic E-state index is 0. The smallest absolute Gasteiger partial charge is 0.190 e. The molecule has 8 heteroatoms. The Balaban J connectivity index is 0.00000529. The number of ether oxygens (including phenoxy) is 2. The number of nitrogens with one attached hydrogen (secondary N) is 2. The molecular weight excluding hydrogens is 439 g/mol. The summed E-state index contributed by atoms with van der Waals surface area (Å²) in [5.74, 6) is 0.854. The first-order valence-corrected chi connectivity index (χ1v) is 9.06. The maximum absolute atomic E-state index is 5.42. The van der Waals surface area contributed by atoms with Crippen LogP contribution in [0.15, 0.2) is 10.4 Å². The van der Waals surface area contributed by atoms with Crippen LogP contribution < -0.4 is 10.6 Å². The molecule has 1 aromatic heterocycles. The van der Waals surface area contributed by atoms with Crippen LogP contribution in [0.1, 0.15) is 30.0 Å². The summed E-state index contributed by atoms with van der Waals surface area (Å²) < 4.78 is 10.3. The molecular formula is C16H31IN4O2S. The van der Waals surface area contributed by atoms with Crippen LogP contribution in [-0.2, 0) is 15.9 Å². The molecule has 0 atom stereocenters. The summed E-state index contributed by atoms with van der Waals surface area (Å²) in [5.41, 5.74) is 1.12. The molecule has 0 radical (unpaired) electrons. The number of rotatable bonds is 12. The van der Waals surface area contributed by atoms with Gasteiger partial charge in [0.25, 0.3) is 0 Å². The quantitative estimate of drug-likeness (QED) is 0.213. The predicted octanol–water partition coefficient (Wildman–Crippen LogP) is 2.61. The van der Waals surface area contributed by atoms with E-state index in [1.165, 1.54) is 5.01 Å². The highest BCUT2D eigenvalue weighted by atomic mass is 127. The highest BCUT2D eigenvalue weighted by Crippen LogP contribution is 2.11. The highest BCUT2D eigenvalue weighted by Gasteiger charge is 2.00. The fraction of sp³-hybridized carbons (Fsp3) is 0.750. The van der Waals surface area contributed by atoms with Crippen molar-refractivity contribution in [2.75, 3.05) is 47.1 Å². The van der Waals surface area contributed by atoms with Gasteiger partial charge in [0.1, 0.15) is 0 Å². The van der Waals surface area contributed by atoms with E-state index in [0.717, 1.165) is 57.0 Å². The molecule has 0 amide bonds. The lowest BCUT2D eigenvalue weighted by molar-refractivity contribution is 0.0698. The zero-order valence-corrected chi connectivity index (χ0v) is 18.1. The lowest BCUT2D eigenvalue weighted by Gasteiger charge is -2.11. The van der Waals surface area contributed by atoms with Crippen LogP contribution in [0, 0.1) is 6.92 Å². The van der Waals surface area contributed by atoms with Crippen molar-refractivity contribution in [2.24, 2.45) is 4.99 Å². The van der Waals surface area contributed by atoms with E-state index in [1.807, 2.05) is 6.92 Å². The number of hydrogen-bond acceptors (Lipinski definition) is 5. The van der Waals surface area contributed by atoms with Gasteiger partial charge in [0, 0.05) is 44.9 Å². The summed E-state index contributed by atoms with van der Waals surface area (Å²) in [6, 6.07) is 0. The third-order valence-electron chi connectivity index (χ3n) is 3.19. The van der Waals surface area contributed by atoms with Crippen molar-refractivity contribution in [3.05, 3.63) is 16.1 Å². The van der Waals surface area contributed by atoms with Gasteiger partial charge >= 0.3 is 0 Å². The summed E-state index contributed by atoms with van der Waals surface area (Å²) in [6.45, 7) is 5.86. The average Bonchev–Trinajstić information content (AvgIpc) is 2.97. The topological polar surface area (TPSA) is 67.8 Å². The van der Waals surface area contributed by atoms with Gasteiger partial charge in [0.15, 0.2) is 5.96 Å². The van der Waals surface area contributed by atoms with Gasteiger partial charge in [-0.15, -0.1) is 35.3 Å². The first-order chi connectivity index (χ1) is 11.3. The van der Waals surface area contributed by atoms with Gasteiger partial charge in [0.05, 0.1) is 18.2 Å². The number of nitrogens with zero attached hydrogens (tertiary/aromatic N) is 2. The average molecular weight is 470 g/mol. The van der Waals surface area contributed by atoms with E-state index in [4.69, 9.17) is 9.47 Å². The zero-order valence-electron chi connectivity index (χ0n) is 15.0. The van der Waals surface area contributed by atoms with Gasteiger partial charge in [-0.2, -0.15) is 0 Å². The molecule has 1 aromatic rings. The lowest BCUT2D eigenvalue weighted by atomic mass is 10.2. The van der Waals surface area contributed by atoms with Gasteiger partial charge in [-0.3, -0.25) is 4.99 Å². The molecule has 0 saturated heterocycles. The SMILES string of the molecule is CN=C(NCCCCc1nc(C)cs1)NCCCOCCOC.I. The van der Waals surface area contributed by atoms with Crippen LogP contribution in [0.4, 0.5) is 0 Å². The fourth-order valence-electron chi connectivity index (χ4n) is 1.97. The first kappa shape index (κ1) is 23.5. The van der Waals surface area contributed by atoms with Crippen LogP contribution in [0.25, 0.3) is 0 Å². The number of methoxy groups -OCH3 is 1. The number of aromatic nitrogens is 1. The van der Waals surface area contributed by atoms with Crippen molar-refractivity contribution < 1.29 is 9.47 Å². The molecule has 0 aliphatic heterocycles. The second-order valence-electron chi connectivity index (χ2n) is 5.22. The largest absolute Gasteiger partial charge is 0.382 e. The van der Waals surface area contributed by atoms with Gasteiger partial charge in [0.2, 0.25) is 0 Å². The summed E-state index contributed by atoms with van der Waals surface area (Å²) in [5, 5.41) is 9.97. The molecule has 140 valence electrons. The minimum absolute atomic E-state index is 0. The molecule has 24 heavy (non-hydrogen) atoms. The maximum atomic E-state index is 5.42. The van der Waals surface area contributed by atoms with Crippen LogP contribution in [-0.4, -0.2) is 58.0 Å². The Morgan fingerprint density at radius 2 is 1.92 bits per heavy atom. The van der Waals surface area contributed by atoms with E-state index >= 15 is 0 Å². The predicted molar refractivity (Wildman–Crippen MR) is 112 cm³/mol. The second kappa shape index (κ2) is 16.0. The Hall–Kier alpha value is -0.450. The van der Waals surface area contributed by atoms with Crippen molar-refractivity contribution in [1.29, 1.82) is 0 Å². The standard InChI is InChI=1S/C16H30N4O2S.HI/c1-14-13-23-15(20-14)7-4-5-8-18-16(17-2)19-9-6-10-22-12-11-21-3;/h13H,4-12H2,1-3H3,(H2,17,18,19);1H. The van der Waals surface area contributed by atoms with Crippen molar-refractivity contribution in [2.45, 2.75) is 32.6 Å². The van der Waals surface area contributed by atoms with Crippen LogP contribution >= 0.6 is 35.3 Å². The molecule has 0 spiro atoms. The molecule has 0 aliphatic rings. The van der Waals surface area contributed by atoms with E-state index in [-0.39, 0.29) is 24.0 Å². The Kier molecular flexibility index (Phi) is 15.7. The molecule has 2 N–H and O–H groups in total. The summed E-state index contributed by atoms with van der Waals surface area (Å²) in [6.07, 6.45) is 4.27. The molecule has 0 fully saturated rings. The molecule has 0 saturated carbocycles. The molecule has 1 rings (SSSR count). The van der Waals surface area contributed by atoms with E-state index in [1.54, 1.807) is 25.5 Å². The van der Waals surface area contributed by atoms with Crippen LogP contribution in [0.3, 0.4) is 0 Å². The van der Waals surface area contributed by atoms with Crippen molar-refractivity contribution in [3.63, 3.8) is 0 Å². The third-order valence-corrected chi connectivity index (χ3v) is 4.22. The fourth-order valence-corrected chi connectivity index (χ4v) is 2.79. The number of unbranched alkanes of at least 4 members (excludes halogenated alkanes) is 1. The van der Waals surface area contributed by atoms with Gasteiger partial charge in [-0.1, -0.05) is 0 Å². The number of aliphatic imine (C=N–C) groups is 1. The Morgan fingerprint density at radius 3 is 2.54 bits per heavy atom. The summed E-state index contributed by atoms with van der Waals surface area (Å²) >= 11 is 1.75. The number of guanidine groups is 1. The van der Waals surface area contributed by atoms with Gasteiger partial charge in [-0.25, -0.2) is 4.98 Å². The van der Waals surface area contributed by atoms with Crippen LogP contribution in [0.5, 0.6) is 0 Å². The number of hydrogen-bond donors (Lipinski definition) is 2. The van der Waals surface area contributed by atoms with Gasteiger partial charge < -0.3 is 20.1 Å². The van der Waals surface area contributed by atoms with Crippen LogP contribution in [0.2, 0.25) is 0 Å². The van der Waals surface area contributed by atoms with Gasteiger partial charge in [-0.05, 0) is 32.6 Å². The lowest BCUT2D eigenvalue weighted by Crippen LogP contribution is -2.38. The van der Waals surface area contributed by atoms with E-state index in [9.17, 15) is 0 Å². The normalized spacial score (nSPS) is 11.2. The van der Waals surface area contributed by atoms with Crippen molar-refractivity contribution in [1.82, 2.24) is 15.6 Å². The highest BCUT2D eigenvalue weighted by molar-refractivity contribution is 14.0. The Labute approximate surface area is 166 Å². The molecule has 0 unspecified atom stereocenters. The number of aryl methyl sites for hydroxylation is 2. The molecule has 0 bridgehead atoms. The second-order valence-corrected chi connectivity index (χ2v) is 6.17. The van der Waals surface area contributed by atoms with Crippen molar-refractivity contribution in [3.8, 4) is 0 Å². The number of halogens is 1. The van der Waals surface area contributed by atoms with E-state index < -0.39 is 0 Å². The zero-order chi connectivity index (χ0) is 16.8. The van der Waals surface area contributed by atoms with E-state index in [0.29, 0.717) is 13.2 Å². The third kappa shape index (κ3) is 12.0. The first-order valence-electron chi connectivity index (χ1n) is 8.18. The summed E-state index contributed by atoms with van der Waals surface area (Å²) in [4.78, 5) is 8.70. The molecule has 1 heterocycles. The van der Waals surface area contributed by atoms with Crippen molar-refractivity contribution >= 4 is 41.3 Å². The minimum Gasteiger partial charge on any atom is -0.382 e. The molecule has 0 aromatic carbocycles. The number of thiazole rings is 1.